The van der Waals surface area contributed by atoms with E-state index in [1.54, 1.807) is 0 Å². The number of hydrogen-bond donors (Lipinski definition) is 0. The molecule has 0 aliphatic rings. The van der Waals surface area contributed by atoms with Crippen LogP contribution in [0.3, 0.4) is 0 Å². The minimum Gasteiger partial charge on any atom is -0.262 e. The molecule has 1 atom stereocenters. The Kier molecular flexibility index (Phi) is 7.30. The molecule has 174 valence electrons. The van der Waals surface area contributed by atoms with Crippen molar-refractivity contribution < 1.29 is 84.1 Å². The van der Waals surface area contributed by atoms with Crippen LogP contribution >= 0.6 is 15.9 Å². The molecule has 0 radical (unpaired) electrons. The number of halogens is 18. The molecule has 1 unspecified atom stereocenters. The van der Waals surface area contributed by atoms with Crippen LogP contribution in [0.5, 0.6) is 0 Å². The van der Waals surface area contributed by atoms with Gasteiger partial charge in [-0.25, -0.2) is 4.74 Å². The summed E-state index contributed by atoms with van der Waals surface area (Å²) >= 11 is 0.503. The van der Waals surface area contributed by atoms with Crippen LogP contribution in [0.4, 0.5) is 74.6 Å². The van der Waals surface area contributed by atoms with Gasteiger partial charge in [-0.2, -0.15) is 74.6 Å². The molecule has 0 aromatic rings. The Morgan fingerprint density at radius 1 is 0.586 bits per heavy atom. The summed E-state index contributed by atoms with van der Waals surface area (Å²) in [6.07, 6.45) is -34.1. The lowest BCUT2D eigenvalue weighted by molar-refractivity contribution is -0.541. The van der Waals surface area contributed by atoms with Crippen LogP contribution in [0, 0.1) is 0 Å². The molecular formula is C9BrF17O2. The smallest absolute Gasteiger partial charge is 0.262 e. The topological polar surface area (TPSA) is 18.5 Å². The Balaban J connectivity index is 6.45. The van der Waals surface area contributed by atoms with Gasteiger partial charge in [-0.3, -0.25) is 4.74 Å². The highest BCUT2D eigenvalue weighted by Crippen LogP contribution is 2.56. The van der Waals surface area contributed by atoms with Crippen LogP contribution in [-0.4, -0.2) is 41.1 Å². The van der Waals surface area contributed by atoms with Crippen LogP contribution in [0.15, 0.2) is 11.9 Å². The lowest BCUT2D eigenvalue weighted by Gasteiger charge is -2.39. The maximum atomic E-state index is 13.5. The maximum absolute atomic E-state index is 13.5. The van der Waals surface area contributed by atoms with E-state index in [2.05, 4.69) is 0 Å². The van der Waals surface area contributed by atoms with E-state index in [-0.39, 0.29) is 0 Å². The summed E-state index contributed by atoms with van der Waals surface area (Å²) in [5.41, 5.74) is 0. The van der Waals surface area contributed by atoms with E-state index in [0.29, 0.717) is 15.9 Å². The van der Waals surface area contributed by atoms with Crippen molar-refractivity contribution in [1.82, 2.24) is 0 Å². The molecule has 0 aliphatic heterocycles. The van der Waals surface area contributed by atoms with Crippen molar-refractivity contribution in [2.24, 2.45) is 0 Å². The third-order valence-electron chi connectivity index (χ3n) is 2.41. The van der Waals surface area contributed by atoms with E-state index < -0.39 is 53.0 Å². The molecule has 0 aromatic carbocycles. The van der Waals surface area contributed by atoms with Crippen LogP contribution in [0.1, 0.15) is 0 Å². The Morgan fingerprint density at radius 2 is 0.966 bits per heavy atom. The minimum absolute atomic E-state index is 0.503. The summed E-state index contributed by atoms with van der Waals surface area (Å²) < 4.78 is 217. The molecule has 0 bridgehead atoms. The first kappa shape index (κ1) is 27.9. The molecular weight excluding hydrogens is 543 g/mol. The van der Waals surface area contributed by atoms with Crippen LogP contribution < -0.4 is 0 Å². The molecule has 0 saturated heterocycles. The number of ether oxygens (including phenoxy) is 2. The number of hydrogen-bond acceptors (Lipinski definition) is 2. The summed E-state index contributed by atoms with van der Waals surface area (Å²) in [5, 5.41) is 0. The predicted molar refractivity (Wildman–Crippen MR) is 56.1 cm³/mol. The SMILES string of the molecule is FC(F)=C(F)C(F)(F)OC(F)(F)C(F)(OC(F)(F)C(F)(F)C(F)(F)Br)C(F)(F)F. The summed E-state index contributed by atoms with van der Waals surface area (Å²) in [6, 6.07) is 0. The molecule has 0 rings (SSSR count). The zero-order valence-corrected chi connectivity index (χ0v) is 13.7. The van der Waals surface area contributed by atoms with Crippen LogP contribution in [0.2, 0.25) is 0 Å². The quantitative estimate of drug-likeness (QED) is 0.250. The average Bonchev–Trinajstić information content (AvgIpc) is 2.41. The predicted octanol–water partition coefficient (Wildman–Crippen LogP) is 6.73. The third-order valence-corrected chi connectivity index (χ3v) is 2.91. The molecule has 0 aromatic heterocycles. The summed E-state index contributed by atoms with van der Waals surface area (Å²) in [4.78, 5) is -6.26. The van der Waals surface area contributed by atoms with Gasteiger partial charge < -0.3 is 0 Å². The molecule has 0 fully saturated rings. The normalized spacial score (nSPS) is 17.2. The van der Waals surface area contributed by atoms with Crippen molar-refractivity contribution in [1.29, 1.82) is 0 Å². The van der Waals surface area contributed by atoms with Gasteiger partial charge in [0.2, 0.25) is 0 Å². The molecule has 0 N–H and O–H groups in total. The second-order valence-corrected chi connectivity index (χ2v) is 5.49. The molecule has 0 saturated carbocycles. The lowest BCUT2D eigenvalue weighted by Crippen LogP contribution is -2.66. The maximum Gasteiger partial charge on any atom is 0.458 e. The van der Waals surface area contributed by atoms with E-state index in [1.165, 1.54) is 9.47 Å². The molecule has 0 aliphatic carbocycles. The van der Waals surface area contributed by atoms with Gasteiger partial charge in [-0.05, 0) is 15.9 Å². The first-order chi connectivity index (χ1) is 12.3. The van der Waals surface area contributed by atoms with Gasteiger partial charge in [-0.15, -0.1) is 0 Å². The van der Waals surface area contributed by atoms with Gasteiger partial charge in [0, 0.05) is 0 Å². The summed E-state index contributed by atoms with van der Waals surface area (Å²) in [5.74, 6) is -19.5. The zero-order valence-electron chi connectivity index (χ0n) is 12.1. The summed E-state index contributed by atoms with van der Waals surface area (Å²) in [7, 11) is 0. The molecule has 0 heterocycles. The summed E-state index contributed by atoms with van der Waals surface area (Å²) in [6.45, 7) is 0. The first-order valence-electron chi connectivity index (χ1n) is 5.72. The van der Waals surface area contributed by atoms with Gasteiger partial charge in [0.1, 0.15) is 0 Å². The highest BCUT2D eigenvalue weighted by molar-refractivity contribution is 9.10. The van der Waals surface area contributed by atoms with Crippen molar-refractivity contribution in [3.63, 3.8) is 0 Å². The second kappa shape index (κ2) is 7.57. The largest absolute Gasteiger partial charge is 0.458 e. The van der Waals surface area contributed by atoms with Crippen LogP contribution in [-0.2, 0) is 9.47 Å². The minimum atomic E-state index is -7.83. The van der Waals surface area contributed by atoms with Crippen molar-refractivity contribution in [2.75, 3.05) is 0 Å². The molecule has 0 spiro atoms. The third kappa shape index (κ3) is 5.17. The van der Waals surface area contributed by atoms with Gasteiger partial charge in [0.15, 0.2) is 0 Å². The van der Waals surface area contributed by atoms with Crippen molar-refractivity contribution in [3.8, 4) is 0 Å². The second-order valence-electron chi connectivity index (χ2n) is 4.49. The standard InChI is InChI=1S/C9BrF17O2/c10-6(19,20)4(16,17)8(24,25)29-5(18,7(21,22)23)9(26,27)28-3(14,15)1(11)2(12)13. The molecule has 2 nitrogen and oxygen atoms in total. The first-order valence-corrected chi connectivity index (χ1v) is 6.51. The monoisotopic (exact) mass is 542 g/mol. The van der Waals surface area contributed by atoms with Crippen molar-refractivity contribution >= 4 is 15.9 Å². The Hall–Kier alpha value is -1.05. The molecule has 0 amide bonds. The fourth-order valence-electron chi connectivity index (χ4n) is 1.07. The Bertz CT molecular complexity index is 630. The van der Waals surface area contributed by atoms with E-state index in [4.69, 9.17) is 0 Å². The number of rotatable bonds is 8. The van der Waals surface area contributed by atoms with Gasteiger partial charge >= 0.3 is 47.2 Å². The van der Waals surface area contributed by atoms with E-state index in [0.717, 1.165) is 0 Å². The fraction of sp³-hybridized carbons (Fsp3) is 0.778. The highest BCUT2D eigenvalue weighted by atomic mass is 79.9. The lowest BCUT2D eigenvalue weighted by atomic mass is 10.2. The van der Waals surface area contributed by atoms with Crippen molar-refractivity contribution in [3.05, 3.63) is 11.9 Å². The van der Waals surface area contributed by atoms with E-state index in [1.807, 2.05) is 0 Å². The highest BCUT2D eigenvalue weighted by Gasteiger charge is 2.83. The molecule has 20 heteroatoms. The van der Waals surface area contributed by atoms with E-state index >= 15 is 0 Å². The van der Waals surface area contributed by atoms with Gasteiger partial charge in [0.05, 0.1) is 0 Å². The van der Waals surface area contributed by atoms with Gasteiger partial charge in [0.25, 0.3) is 5.83 Å². The van der Waals surface area contributed by atoms with Crippen molar-refractivity contribution in [2.45, 2.75) is 41.1 Å². The molecule has 29 heavy (non-hydrogen) atoms. The van der Waals surface area contributed by atoms with E-state index in [9.17, 15) is 74.6 Å². The zero-order chi connectivity index (χ0) is 24.1. The van der Waals surface area contributed by atoms with Crippen LogP contribution in [0.25, 0.3) is 0 Å². The average molecular weight is 543 g/mol. The fourth-order valence-corrected chi connectivity index (χ4v) is 1.30. The number of alkyl halides is 15. The Labute approximate surface area is 154 Å². The Morgan fingerprint density at radius 3 is 1.24 bits per heavy atom. The van der Waals surface area contributed by atoms with Gasteiger partial charge in [-0.1, -0.05) is 0 Å².